The van der Waals surface area contributed by atoms with Crippen LogP contribution in [0.3, 0.4) is 0 Å². The van der Waals surface area contributed by atoms with Gasteiger partial charge in [0.1, 0.15) is 0 Å². The fraction of sp³-hybridized carbons (Fsp3) is 0.833. The molecule has 0 bridgehead atoms. The van der Waals surface area contributed by atoms with Crippen molar-refractivity contribution in [2.45, 2.75) is 77.7 Å². The van der Waals surface area contributed by atoms with E-state index in [1.54, 1.807) is 11.1 Å². The van der Waals surface area contributed by atoms with Crippen LogP contribution in [-0.2, 0) is 4.74 Å². The molecule has 3 rings (SSSR count). The summed E-state index contributed by atoms with van der Waals surface area (Å²) < 4.78 is 5.55. The van der Waals surface area contributed by atoms with Gasteiger partial charge in [-0.2, -0.15) is 0 Å². The molecule has 0 aromatic rings. The van der Waals surface area contributed by atoms with Gasteiger partial charge in [0.25, 0.3) is 0 Å². The summed E-state index contributed by atoms with van der Waals surface area (Å²) in [7, 11) is 2.83. The van der Waals surface area contributed by atoms with Crippen molar-refractivity contribution >= 4 is 0 Å². The first-order valence-electron chi connectivity index (χ1n) is 10.9. The second kappa shape index (κ2) is 9.24. The molecule has 5 unspecified atom stereocenters. The number of hydrogen-bond donors (Lipinski definition) is 2. The van der Waals surface area contributed by atoms with E-state index >= 15 is 0 Å². The number of aliphatic hydroxyl groups is 2. The highest BCUT2D eigenvalue weighted by Gasteiger charge is 2.61. The zero-order chi connectivity index (χ0) is 20.2. The summed E-state index contributed by atoms with van der Waals surface area (Å²) in [4.78, 5) is 0. The first kappa shape index (κ1) is 22.6. The second-order valence-electron chi connectivity index (χ2n) is 9.37. The minimum atomic E-state index is -0.510. The summed E-state index contributed by atoms with van der Waals surface area (Å²) in [5, 5.41) is 18.2. The van der Waals surface area contributed by atoms with E-state index in [9.17, 15) is 5.11 Å². The highest BCUT2D eigenvalue weighted by atomic mass is 16.5. The van der Waals surface area contributed by atoms with E-state index in [2.05, 4.69) is 33.4 Å². The molecule has 0 aromatic carbocycles. The normalized spacial score (nSPS) is 40.7. The fourth-order valence-corrected chi connectivity index (χ4v) is 6.83. The quantitative estimate of drug-likeness (QED) is 0.630. The van der Waals surface area contributed by atoms with Crippen LogP contribution in [0.25, 0.3) is 0 Å². The number of fused-ring (bicyclic) bond motifs is 3. The maximum atomic E-state index is 11.2. The van der Waals surface area contributed by atoms with Crippen LogP contribution in [0.5, 0.6) is 0 Å². The zero-order valence-corrected chi connectivity index (χ0v) is 18.3. The van der Waals surface area contributed by atoms with Crippen molar-refractivity contribution in [3.8, 4) is 0 Å². The van der Waals surface area contributed by atoms with Crippen molar-refractivity contribution in [2.75, 3.05) is 20.8 Å². The average molecular weight is 379 g/mol. The smallest absolute Gasteiger partial charge is 0.0676 e. The van der Waals surface area contributed by atoms with Crippen molar-refractivity contribution in [2.24, 2.45) is 29.1 Å². The van der Waals surface area contributed by atoms with E-state index in [0.29, 0.717) is 17.8 Å². The molecule has 2 fully saturated rings. The van der Waals surface area contributed by atoms with Crippen LogP contribution in [0.15, 0.2) is 23.8 Å². The number of aliphatic hydroxyl groups excluding tert-OH is 1. The van der Waals surface area contributed by atoms with E-state index in [4.69, 9.17) is 9.84 Å². The minimum absolute atomic E-state index is 0.0674. The Balaban J connectivity index is 0.00000126. The molecular weight excluding hydrogens is 336 g/mol. The molecule has 3 heteroatoms. The second-order valence-corrected chi connectivity index (χ2v) is 9.37. The first-order valence-corrected chi connectivity index (χ1v) is 10.9. The number of ether oxygens (including phenoxy) is 1. The topological polar surface area (TPSA) is 49.7 Å². The van der Waals surface area contributed by atoms with Gasteiger partial charge in [0.15, 0.2) is 0 Å². The Morgan fingerprint density at radius 1 is 1.26 bits per heavy atom. The van der Waals surface area contributed by atoms with Crippen LogP contribution in [0.4, 0.5) is 0 Å². The van der Waals surface area contributed by atoms with Gasteiger partial charge in [-0.25, -0.2) is 0 Å². The molecule has 0 heterocycles. The molecule has 2 saturated carbocycles. The lowest BCUT2D eigenvalue weighted by Crippen LogP contribution is -2.53. The van der Waals surface area contributed by atoms with Crippen molar-refractivity contribution in [1.29, 1.82) is 0 Å². The van der Waals surface area contributed by atoms with Crippen molar-refractivity contribution < 1.29 is 14.9 Å². The van der Waals surface area contributed by atoms with Gasteiger partial charge in [0.05, 0.1) is 12.2 Å². The van der Waals surface area contributed by atoms with Gasteiger partial charge in [-0.3, -0.25) is 0 Å². The van der Waals surface area contributed by atoms with Gasteiger partial charge in [-0.15, -0.1) is 6.58 Å². The Morgan fingerprint density at radius 3 is 2.56 bits per heavy atom. The summed E-state index contributed by atoms with van der Waals surface area (Å²) in [6, 6.07) is 0. The predicted octanol–water partition coefficient (Wildman–Crippen LogP) is 5.13. The molecule has 3 aliphatic carbocycles. The molecule has 0 spiro atoms. The highest BCUT2D eigenvalue weighted by Crippen LogP contribution is 2.65. The van der Waals surface area contributed by atoms with Gasteiger partial charge < -0.3 is 14.9 Å². The number of allylic oxidation sites excluding steroid dienone is 2. The maximum absolute atomic E-state index is 11.2. The Labute approximate surface area is 166 Å². The van der Waals surface area contributed by atoms with Crippen molar-refractivity contribution in [3.05, 3.63) is 23.8 Å². The molecule has 0 amide bonds. The monoisotopic (exact) mass is 378 g/mol. The van der Waals surface area contributed by atoms with E-state index in [1.807, 2.05) is 7.11 Å². The third kappa shape index (κ3) is 3.93. The number of methoxy groups -OCH3 is 1. The Kier molecular flexibility index (Phi) is 7.75. The predicted molar refractivity (Wildman–Crippen MR) is 113 cm³/mol. The molecule has 3 aliphatic rings. The van der Waals surface area contributed by atoms with E-state index in [0.717, 1.165) is 38.9 Å². The molecule has 0 saturated heterocycles. The molecule has 0 aromatic heterocycles. The van der Waals surface area contributed by atoms with Crippen LogP contribution < -0.4 is 0 Å². The van der Waals surface area contributed by atoms with Crippen LogP contribution in [0, 0.1) is 29.1 Å². The minimum Gasteiger partial charge on any atom is -0.400 e. The lowest BCUT2D eigenvalue weighted by molar-refractivity contribution is -0.113. The molecule has 3 nitrogen and oxygen atoms in total. The molecular formula is C24H42O3. The molecule has 27 heavy (non-hydrogen) atoms. The van der Waals surface area contributed by atoms with E-state index < -0.39 is 5.60 Å². The summed E-state index contributed by atoms with van der Waals surface area (Å²) in [5.41, 5.74) is 2.84. The zero-order valence-electron chi connectivity index (χ0n) is 18.3. The van der Waals surface area contributed by atoms with Gasteiger partial charge in [-0.05, 0) is 86.5 Å². The standard InChI is InChI=1S/C23H38O2.CH4O/c1-6-8-16-14-22(3)20(12-13-23(22,4)24)19-11-10-17(15-25-5)18(9-7-2)21(16)19;1-2/h6,16,19-21,24H,1,7-15H2,2-5H3;2H,1H3/t16?,19?,20?,21?,22?,23-;/m0./s1. The van der Waals surface area contributed by atoms with Crippen molar-refractivity contribution in [3.63, 3.8) is 0 Å². The lowest BCUT2D eigenvalue weighted by atomic mass is 9.49. The summed E-state index contributed by atoms with van der Waals surface area (Å²) in [6.07, 6.45) is 11.4. The lowest BCUT2D eigenvalue weighted by Gasteiger charge is -2.56. The van der Waals surface area contributed by atoms with Crippen LogP contribution in [0.1, 0.15) is 72.1 Å². The Morgan fingerprint density at radius 2 is 1.96 bits per heavy atom. The summed E-state index contributed by atoms with van der Waals surface area (Å²) >= 11 is 0. The van der Waals surface area contributed by atoms with Gasteiger partial charge >= 0.3 is 0 Å². The molecule has 156 valence electrons. The van der Waals surface area contributed by atoms with E-state index in [-0.39, 0.29) is 5.41 Å². The van der Waals surface area contributed by atoms with E-state index in [1.165, 1.54) is 32.1 Å². The fourth-order valence-electron chi connectivity index (χ4n) is 6.83. The van der Waals surface area contributed by atoms with Gasteiger partial charge in [0, 0.05) is 14.2 Å². The van der Waals surface area contributed by atoms with Gasteiger partial charge in [0.2, 0.25) is 0 Å². The number of rotatable bonds is 6. The largest absolute Gasteiger partial charge is 0.400 e. The first-order chi connectivity index (χ1) is 12.9. The molecule has 0 radical (unpaired) electrons. The Bertz CT molecular complexity index is 536. The van der Waals surface area contributed by atoms with Crippen LogP contribution in [0.2, 0.25) is 0 Å². The molecule has 2 N–H and O–H groups in total. The highest BCUT2D eigenvalue weighted by molar-refractivity contribution is 5.27. The number of hydrogen-bond acceptors (Lipinski definition) is 3. The third-order valence-corrected chi connectivity index (χ3v) is 8.11. The molecule has 0 aliphatic heterocycles. The van der Waals surface area contributed by atoms with Crippen LogP contribution >= 0.6 is 0 Å². The van der Waals surface area contributed by atoms with Gasteiger partial charge in [-0.1, -0.05) is 31.9 Å². The third-order valence-electron chi connectivity index (χ3n) is 8.11. The maximum Gasteiger partial charge on any atom is 0.0676 e. The van der Waals surface area contributed by atoms with Crippen LogP contribution in [-0.4, -0.2) is 36.6 Å². The molecule has 6 atom stereocenters. The summed E-state index contributed by atoms with van der Waals surface area (Å²) in [5.74, 6) is 2.72. The summed E-state index contributed by atoms with van der Waals surface area (Å²) in [6.45, 7) is 11.6. The Hall–Kier alpha value is -0.640. The SMILES string of the molecule is C=CCC1CC2(C)C(CC[C@]2(C)O)C2CCC(COC)=C(CCC)C12.CO. The van der Waals surface area contributed by atoms with Crippen molar-refractivity contribution in [1.82, 2.24) is 0 Å². The average Bonchev–Trinajstić information content (AvgIpc) is 2.88.